The van der Waals surface area contributed by atoms with Crippen molar-refractivity contribution in [2.24, 2.45) is 5.92 Å². The number of carbonyl (C=O) groups excluding carboxylic acids is 2. The Morgan fingerprint density at radius 2 is 1.88 bits per heavy atom. The Kier molecular flexibility index (Phi) is 4.60. The number of benzene rings is 2. The molecule has 2 aromatic rings. The van der Waals surface area contributed by atoms with Crippen LogP contribution in [0.3, 0.4) is 0 Å². The number of nitrogens with one attached hydrogen (secondary N) is 2. The van der Waals surface area contributed by atoms with Gasteiger partial charge in [-0.2, -0.15) is 0 Å². The van der Waals surface area contributed by atoms with Gasteiger partial charge in [0.2, 0.25) is 11.8 Å². The predicted molar refractivity (Wildman–Crippen MR) is 90.1 cm³/mol. The molecule has 24 heavy (non-hydrogen) atoms. The van der Waals surface area contributed by atoms with Crippen LogP contribution in [0.2, 0.25) is 0 Å². The number of halogens is 1. The smallest absolute Gasteiger partial charge is 0.237 e. The van der Waals surface area contributed by atoms with Gasteiger partial charge in [0.25, 0.3) is 0 Å². The Morgan fingerprint density at radius 3 is 2.58 bits per heavy atom. The fourth-order valence-electron chi connectivity index (χ4n) is 3.10. The molecular formula is C19H19FN2O2. The Hall–Kier alpha value is -2.69. The van der Waals surface area contributed by atoms with E-state index in [1.54, 1.807) is 18.2 Å². The fourth-order valence-corrected chi connectivity index (χ4v) is 3.10. The maximum atomic E-state index is 13.2. The van der Waals surface area contributed by atoms with Crippen molar-refractivity contribution in [2.75, 3.05) is 11.9 Å². The van der Waals surface area contributed by atoms with E-state index < -0.39 is 5.92 Å². The van der Waals surface area contributed by atoms with Crippen LogP contribution in [0.15, 0.2) is 48.5 Å². The summed E-state index contributed by atoms with van der Waals surface area (Å²) in [6.45, 7) is 2.41. The van der Waals surface area contributed by atoms with Crippen LogP contribution < -0.4 is 10.6 Å². The average molecular weight is 326 g/mol. The van der Waals surface area contributed by atoms with Gasteiger partial charge in [-0.3, -0.25) is 9.59 Å². The number of para-hydroxylation sites is 1. The number of rotatable bonds is 3. The first kappa shape index (κ1) is 16.2. The summed E-state index contributed by atoms with van der Waals surface area (Å²) in [5, 5.41) is 5.60. The summed E-state index contributed by atoms with van der Waals surface area (Å²) in [5.41, 5.74) is 2.43. The maximum absolute atomic E-state index is 13.2. The van der Waals surface area contributed by atoms with Gasteiger partial charge < -0.3 is 10.6 Å². The number of piperidine rings is 1. The average Bonchev–Trinajstić information content (AvgIpc) is 2.57. The molecule has 5 heteroatoms. The lowest BCUT2D eigenvalue weighted by Crippen LogP contribution is -2.46. The minimum absolute atomic E-state index is 0.261. The van der Waals surface area contributed by atoms with E-state index in [0.29, 0.717) is 18.7 Å². The zero-order valence-electron chi connectivity index (χ0n) is 13.4. The summed E-state index contributed by atoms with van der Waals surface area (Å²) < 4.78 is 13.2. The van der Waals surface area contributed by atoms with Crippen molar-refractivity contribution in [3.05, 3.63) is 65.5 Å². The summed E-state index contributed by atoms with van der Waals surface area (Å²) >= 11 is 0. The number of carbonyl (C=O) groups is 2. The summed E-state index contributed by atoms with van der Waals surface area (Å²) in [7, 11) is 0. The van der Waals surface area contributed by atoms with Crippen LogP contribution in [-0.2, 0) is 9.59 Å². The van der Waals surface area contributed by atoms with Gasteiger partial charge in [0.05, 0.1) is 0 Å². The maximum Gasteiger partial charge on any atom is 0.237 e. The normalized spacial score (nSPS) is 20.3. The van der Waals surface area contributed by atoms with E-state index in [4.69, 9.17) is 0 Å². The predicted octanol–water partition coefficient (Wildman–Crippen LogP) is 2.99. The lowest BCUT2D eigenvalue weighted by atomic mass is 9.80. The van der Waals surface area contributed by atoms with Crippen molar-refractivity contribution in [3.63, 3.8) is 0 Å². The first-order chi connectivity index (χ1) is 11.6. The molecule has 1 saturated heterocycles. The van der Waals surface area contributed by atoms with Crippen LogP contribution in [-0.4, -0.2) is 18.4 Å². The minimum Gasteiger partial charge on any atom is -0.355 e. The van der Waals surface area contributed by atoms with Crippen LogP contribution in [0.1, 0.15) is 23.5 Å². The highest BCUT2D eigenvalue weighted by molar-refractivity contribution is 6.07. The first-order valence-electron chi connectivity index (χ1n) is 7.96. The summed E-state index contributed by atoms with van der Waals surface area (Å²) in [5.74, 6) is -2.05. The van der Waals surface area contributed by atoms with E-state index in [0.717, 1.165) is 11.1 Å². The zero-order valence-corrected chi connectivity index (χ0v) is 13.4. The molecule has 0 bridgehead atoms. The second-order valence-electron chi connectivity index (χ2n) is 6.02. The number of hydrogen-bond donors (Lipinski definition) is 2. The standard InChI is InChI=1S/C19H19FN2O2/c1-12-4-2-3-5-16(12)22-19(24)17-15(10-11-21-18(17)23)13-6-8-14(20)9-7-13/h2-9,15,17H,10-11H2,1H3,(H,21,23)(H,22,24)/t15-,17-/m1/s1. The van der Waals surface area contributed by atoms with Crippen LogP contribution in [0, 0.1) is 18.7 Å². The second-order valence-corrected chi connectivity index (χ2v) is 6.02. The van der Waals surface area contributed by atoms with Crippen molar-refractivity contribution < 1.29 is 14.0 Å². The van der Waals surface area contributed by atoms with E-state index in [9.17, 15) is 14.0 Å². The molecule has 124 valence electrons. The van der Waals surface area contributed by atoms with Gasteiger partial charge in [0, 0.05) is 18.2 Å². The number of amides is 2. The third-order valence-corrected chi connectivity index (χ3v) is 4.42. The molecule has 2 atom stereocenters. The highest BCUT2D eigenvalue weighted by atomic mass is 19.1. The molecule has 4 nitrogen and oxygen atoms in total. The number of hydrogen-bond acceptors (Lipinski definition) is 2. The molecule has 0 aliphatic carbocycles. The summed E-state index contributed by atoms with van der Waals surface area (Å²) in [6.07, 6.45) is 0.642. The summed E-state index contributed by atoms with van der Waals surface area (Å²) in [4.78, 5) is 25.1. The monoisotopic (exact) mass is 326 g/mol. The zero-order chi connectivity index (χ0) is 17.1. The van der Waals surface area contributed by atoms with Gasteiger partial charge >= 0.3 is 0 Å². The highest BCUT2D eigenvalue weighted by Crippen LogP contribution is 2.32. The quantitative estimate of drug-likeness (QED) is 0.852. The number of anilines is 1. The fraction of sp³-hybridized carbons (Fsp3) is 0.263. The Bertz CT molecular complexity index is 758. The van der Waals surface area contributed by atoms with E-state index in [1.165, 1.54) is 12.1 Å². The minimum atomic E-state index is -0.830. The van der Waals surface area contributed by atoms with Crippen molar-refractivity contribution >= 4 is 17.5 Å². The van der Waals surface area contributed by atoms with Crippen LogP contribution >= 0.6 is 0 Å². The van der Waals surface area contributed by atoms with E-state index in [1.807, 2.05) is 25.1 Å². The lowest BCUT2D eigenvalue weighted by Gasteiger charge is -2.30. The molecule has 0 radical (unpaired) electrons. The highest BCUT2D eigenvalue weighted by Gasteiger charge is 2.38. The van der Waals surface area contributed by atoms with E-state index in [-0.39, 0.29) is 23.5 Å². The van der Waals surface area contributed by atoms with Crippen LogP contribution in [0.5, 0.6) is 0 Å². The third-order valence-electron chi connectivity index (χ3n) is 4.42. The Balaban J connectivity index is 1.86. The van der Waals surface area contributed by atoms with Crippen LogP contribution in [0.25, 0.3) is 0 Å². The van der Waals surface area contributed by atoms with Gasteiger partial charge in [-0.05, 0) is 42.7 Å². The molecule has 0 saturated carbocycles. The second kappa shape index (κ2) is 6.83. The van der Waals surface area contributed by atoms with Crippen molar-refractivity contribution in [3.8, 4) is 0 Å². The van der Waals surface area contributed by atoms with E-state index in [2.05, 4.69) is 10.6 Å². The van der Waals surface area contributed by atoms with Gasteiger partial charge in [-0.1, -0.05) is 30.3 Å². The molecule has 3 rings (SSSR count). The summed E-state index contributed by atoms with van der Waals surface area (Å²) in [6, 6.07) is 13.4. The van der Waals surface area contributed by atoms with Crippen LogP contribution in [0.4, 0.5) is 10.1 Å². The van der Waals surface area contributed by atoms with Gasteiger partial charge in [0.1, 0.15) is 11.7 Å². The molecule has 1 fully saturated rings. The molecule has 0 spiro atoms. The van der Waals surface area contributed by atoms with Gasteiger partial charge in [-0.25, -0.2) is 4.39 Å². The van der Waals surface area contributed by atoms with Gasteiger partial charge in [0.15, 0.2) is 0 Å². The molecule has 1 heterocycles. The molecule has 2 aromatic carbocycles. The van der Waals surface area contributed by atoms with E-state index >= 15 is 0 Å². The first-order valence-corrected chi connectivity index (χ1v) is 7.96. The molecule has 1 aliphatic rings. The number of aryl methyl sites for hydroxylation is 1. The molecule has 1 aliphatic heterocycles. The Morgan fingerprint density at radius 1 is 1.17 bits per heavy atom. The SMILES string of the molecule is Cc1ccccc1NC(=O)[C@H]1C(=O)NCC[C@@H]1c1ccc(F)cc1. The molecule has 0 unspecified atom stereocenters. The topological polar surface area (TPSA) is 58.2 Å². The molecule has 0 aromatic heterocycles. The molecule has 2 amide bonds. The van der Waals surface area contributed by atoms with Gasteiger partial charge in [-0.15, -0.1) is 0 Å². The largest absolute Gasteiger partial charge is 0.355 e. The van der Waals surface area contributed by atoms with Crippen molar-refractivity contribution in [1.82, 2.24) is 5.32 Å². The molecular weight excluding hydrogens is 307 g/mol. The third kappa shape index (κ3) is 3.30. The lowest BCUT2D eigenvalue weighted by molar-refractivity contribution is -0.135. The van der Waals surface area contributed by atoms with Crippen molar-refractivity contribution in [2.45, 2.75) is 19.3 Å². The molecule has 2 N–H and O–H groups in total. The van der Waals surface area contributed by atoms with Crippen molar-refractivity contribution in [1.29, 1.82) is 0 Å². The Labute approximate surface area is 140 Å².